The van der Waals surface area contributed by atoms with Crippen LogP contribution in [0.5, 0.6) is 0 Å². The normalized spacial score (nSPS) is 42.5. The molecule has 7 atom stereocenters. The molecule has 0 aromatic rings. The van der Waals surface area contributed by atoms with E-state index in [1.54, 1.807) is 5.57 Å². The molecule has 4 aliphatic carbocycles. The third-order valence-corrected chi connectivity index (χ3v) is 9.68. The Morgan fingerprint density at radius 3 is 2.40 bits per heavy atom. The average molecular weight is 462 g/mol. The lowest BCUT2D eigenvalue weighted by atomic mass is 9.48. The monoisotopic (exact) mass is 460 g/mol. The molecule has 4 aliphatic rings. The average Bonchev–Trinajstić information content (AvgIpc) is 2.99. The van der Waals surface area contributed by atoms with Crippen molar-refractivity contribution in [2.45, 2.75) is 83.8 Å². The van der Waals surface area contributed by atoms with Gasteiger partial charge in [0.15, 0.2) is 0 Å². The Labute approximate surface area is 197 Å². The predicted molar refractivity (Wildman–Crippen MR) is 132 cm³/mol. The first kappa shape index (κ1) is 26.5. The highest BCUT2D eigenvalue weighted by atomic mass is 35.5. The van der Waals surface area contributed by atoms with Gasteiger partial charge in [-0.25, -0.2) is 0 Å². The van der Waals surface area contributed by atoms with E-state index >= 15 is 0 Å². The van der Waals surface area contributed by atoms with E-state index in [2.05, 4.69) is 50.9 Å². The van der Waals surface area contributed by atoms with E-state index < -0.39 is 0 Å². The molecular weight excluding hydrogens is 415 g/mol. The Hall–Kier alpha value is 0.200. The van der Waals surface area contributed by atoms with Crippen LogP contribution in [-0.2, 0) is 0 Å². The molecule has 0 radical (unpaired) electrons. The summed E-state index contributed by atoms with van der Waals surface area (Å²) < 4.78 is 0. The summed E-state index contributed by atoms with van der Waals surface area (Å²) in [5, 5.41) is 10.2. The van der Waals surface area contributed by atoms with Gasteiger partial charge in [0.2, 0.25) is 0 Å². The quantitative estimate of drug-likeness (QED) is 0.555. The Morgan fingerprint density at radius 1 is 0.967 bits per heavy atom. The molecule has 30 heavy (non-hydrogen) atoms. The van der Waals surface area contributed by atoms with Crippen LogP contribution >= 0.6 is 24.8 Å². The first-order chi connectivity index (χ1) is 13.3. The molecule has 0 amide bonds. The van der Waals surface area contributed by atoms with Gasteiger partial charge in [0.25, 0.3) is 0 Å². The first-order valence-electron chi connectivity index (χ1n) is 12.0. The van der Waals surface area contributed by atoms with E-state index in [0.717, 1.165) is 36.6 Å². The van der Waals surface area contributed by atoms with E-state index in [9.17, 15) is 5.11 Å². The lowest BCUT2D eigenvalue weighted by molar-refractivity contribution is -0.0565. The van der Waals surface area contributed by atoms with Crippen LogP contribution < -0.4 is 0 Å². The second-order valence-electron chi connectivity index (χ2n) is 11.4. The molecule has 0 aromatic carbocycles. The first-order valence-corrected chi connectivity index (χ1v) is 12.0. The zero-order valence-corrected chi connectivity index (χ0v) is 21.5. The van der Waals surface area contributed by atoms with Crippen LogP contribution in [0.4, 0.5) is 0 Å². The van der Waals surface area contributed by atoms with Gasteiger partial charge in [0, 0.05) is 6.04 Å². The van der Waals surface area contributed by atoms with Crippen LogP contribution in [0.2, 0.25) is 0 Å². The number of nitrogens with zero attached hydrogens (tertiary/aromatic N) is 2. The molecule has 0 bridgehead atoms. The predicted octanol–water partition coefficient (Wildman–Crippen LogP) is 5.41. The van der Waals surface area contributed by atoms with E-state index in [-0.39, 0.29) is 30.9 Å². The zero-order chi connectivity index (χ0) is 20.1. The van der Waals surface area contributed by atoms with Crippen LogP contribution in [0.25, 0.3) is 0 Å². The van der Waals surface area contributed by atoms with Crippen LogP contribution in [0.15, 0.2) is 11.6 Å². The van der Waals surface area contributed by atoms with Crippen molar-refractivity contribution in [3.8, 4) is 0 Å². The number of aliphatic hydroxyl groups is 1. The summed E-state index contributed by atoms with van der Waals surface area (Å²) in [7, 11) is 6.76. The molecule has 0 unspecified atom stereocenters. The third-order valence-electron chi connectivity index (χ3n) is 9.68. The van der Waals surface area contributed by atoms with Crippen molar-refractivity contribution in [2.75, 3.05) is 34.2 Å². The largest absolute Gasteiger partial charge is 0.393 e. The van der Waals surface area contributed by atoms with Gasteiger partial charge in [-0.2, -0.15) is 0 Å². The second-order valence-corrected chi connectivity index (χ2v) is 11.4. The van der Waals surface area contributed by atoms with Crippen molar-refractivity contribution >= 4 is 24.8 Å². The number of hydrogen-bond acceptors (Lipinski definition) is 3. The molecule has 0 aliphatic heterocycles. The Bertz CT molecular complexity index is 612. The molecule has 1 N–H and O–H groups in total. The van der Waals surface area contributed by atoms with Crippen molar-refractivity contribution in [2.24, 2.45) is 28.6 Å². The second kappa shape index (κ2) is 10.00. The minimum absolute atomic E-state index is 0. The number of halogens is 2. The standard InChI is InChI=1S/C25H44N2O.2ClH/c1-24-13-11-19(28)17-18(24)7-8-20-21-9-10-23(25(21,2)14-12-22(20)24)27(5)16-6-15-26(3)4;;/h7,19-23,28H,6,8-17H2,1-5H3;2*1H/t19-,20-,21+,22-,23-,24-,25+;;/m1../s1. The van der Waals surface area contributed by atoms with E-state index in [1.807, 2.05) is 0 Å². The highest BCUT2D eigenvalue weighted by molar-refractivity contribution is 5.85. The molecule has 5 heteroatoms. The fraction of sp³-hybridized carbons (Fsp3) is 0.920. The molecule has 3 fully saturated rings. The Kier molecular flexibility index (Phi) is 8.81. The van der Waals surface area contributed by atoms with Crippen LogP contribution in [0.1, 0.15) is 71.6 Å². The molecule has 0 saturated heterocycles. The zero-order valence-electron chi connectivity index (χ0n) is 19.9. The molecule has 4 rings (SSSR count). The summed E-state index contributed by atoms with van der Waals surface area (Å²) in [4.78, 5) is 5.03. The third kappa shape index (κ3) is 4.49. The van der Waals surface area contributed by atoms with Crippen molar-refractivity contribution in [1.29, 1.82) is 0 Å². The van der Waals surface area contributed by atoms with Crippen LogP contribution in [0.3, 0.4) is 0 Å². The van der Waals surface area contributed by atoms with Crippen LogP contribution in [-0.4, -0.2) is 61.3 Å². The van der Waals surface area contributed by atoms with Crippen LogP contribution in [0, 0.1) is 28.6 Å². The fourth-order valence-corrected chi connectivity index (χ4v) is 8.13. The van der Waals surface area contributed by atoms with Gasteiger partial charge in [0.1, 0.15) is 0 Å². The highest BCUT2D eigenvalue weighted by Gasteiger charge is 2.59. The fourth-order valence-electron chi connectivity index (χ4n) is 8.13. The van der Waals surface area contributed by atoms with Gasteiger partial charge in [-0.1, -0.05) is 25.5 Å². The van der Waals surface area contributed by atoms with Crippen molar-refractivity contribution in [3.63, 3.8) is 0 Å². The number of allylic oxidation sites excluding steroid dienone is 1. The van der Waals surface area contributed by atoms with Gasteiger partial charge in [-0.05, 0) is 121 Å². The SMILES string of the molecule is CN(C)CCCN(C)[C@@H]1CC[C@H]2[C@H]3CC=C4C[C@H](O)CC[C@@]4(C)[C@@H]3CC[C@@]21C.Cl.Cl. The summed E-state index contributed by atoms with van der Waals surface area (Å²) in [5.74, 6) is 2.63. The molecule has 0 heterocycles. The van der Waals surface area contributed by atoms with E-state index in [4.69, 9.17) is 0 Å². The van der Waals surface area contributed by atoms with Gasteiger partial charge < -0.3 is 14.9 Å². The molecule has 176 valence electrons. The summed E-state index contributed by atoms with van der Waals surface area (Å²) in [6.07, 6.45) is 13.8. The maximum absolute atomic E-state index is 10.2. The summed E-state index contributed by atoms with van der Waals surface area (Å²) in [5.41, 5.74) is 2.48. The Balaban J connectivity index is 0.00000160. The van der Waals surface area contributed by atoms with E-state index in [1.165, 1.54) is 58.0 Å². The van der Waals surface area contributed by atoms with Crippen molar-refractivity contribution < 1.29 is 5.11 Å². The maximum atomic E-state index is 10.2. The molecule has 3 nitrogen and oxygen atoms in total. The lowest BCUT2D eigenvalue weighted by Crippen LogP contribution is -2.53. The topological polar surface area (TPSA) is 26.7 Å². The summed E-state index contributed by atoms with van der Waals surface area (Å²) in [6.45, 7) is 7.61. The summed E-state index contributed by atoms with van der Waals surface area (Å²) in [6, 6.07) is 0.770. The molecule has 0 aromatic heterocycles. The van der Waals surface area contributed by atoms with Gasteiger partial charge in [-0.3, -0.25) is 0 Å². The maximum Gasteiger partial charge on any atom is 0.0577 e. The van der Waals surface area contributed by atoms with Gasteiger partial charge in [-0.15, -0.1) is 24.8 Å². The number of rotatable bonds is 5. The molecular formula is C25H46Cl2N2O. The highest BCUT2D eigenvalue weighted by Crippen LogP contribution is 2.65. The van der Waals surface area contributed by atoms with E-state index in [0.29, 0.717) is 10.8 Å². The van der Waals surface area contributed by atoms with Crippen molar-refractivity contribution in [1.82, 2.24) is 9.80 Å². The van der Waals surface area contributed by atoms with Gasteiger partial charge >= 0.3 is 0 Å². The number of aliphatic hydroxyl groups excluding tert-OH is 1. The lowest BCUT2D eigenvalue weighted by Gasteiger charge is -2.58. The summed E-state index contributed by atoms with van der Waals surface area (Å²) >= 11 is 0. The molecule has 3 saturated carbocycles. The molecule has 0 spiro atoms. The van der Waals surface area contributed by atoms with Crippen molar-refractivity contribution in [3.05, 3.63) is 11.6 Å². The van der Waals surface area contributed by atoms with Gasteiger partial charge in [0.05, 0.1) is 6.10 Å². The number of fused-ring (bicyclic) bond motifs is 5. The minimum atomic E-state index is -0.0867. The smallest absolute Gasteiger partial charge is 0.0577 e. The Morgan fingerprint density at radius 2 is 1.70 bits per heavy atom. The number of hydrogen-bond donors (Lipinski definition) is 1. The minimum Gasteiger partial charge on any atom is -0.393 e.